The predicted molar refractivity (Wildman–Crippen MR) is 217 cm³/mol. The second kappa shape index (κ2) is 14.7. The fraction of sp³-hybridized carbons (Fsp3) is 0.409. The second-order valence-electron chi connectivity index (χ2n) is 16.4. The number of methoxy groups -OCH3 is 1. The summed E-state index contributed by atoms with van der Waals surface area (Å²) in [6.07, 6.45) is 6.62. The van der Waals surface area contributed by atoms with Gasteiger partial charge in [-0.3, -0.25) is 29.2 Å². The number of piperidine rings is 2. The van der Waals surface area contributed by atoms with Crippen molar-refractivity contribution in [3.63, 3.8) is 0 Å². The van der Waals surface area contributed by atoms with Crippen LogP contribution in [0.15, 0.2) is 55.0 Å². The molecule has 310 valence electrons. The maximum absolute atomic E-state index is 15.1. The number of carbonyl (C=O) groups excluding carboxylic acids is 4. The first-order valence-electron chi connectivity index (χ1n) is 20.7. The third kappa shape index (κ3) is 6.25. The molecule has 2 fully saturated rings. The molecule has 1 N–H and O–H groups in total. The number of hydrogen-bond acceptors (Lipinski definition) is 9. The average molecular weight is 818 g/mol. The Morgan fingerprint density at radius 3 is 2.52 bits per heavy atom. The van der Waals surface area contributed by atoms with Crippen LogP contribution in [0.2, 0.25) is 0 Å². The molecule has 2 saturated heterocycles. The van der Waals surface area contributed by atoms with E-state index in [-0.39, 0.29) is 35.7 Å². The van der Waals surface area contributed by atoms with E-state index in [1.165, 1.54) is 7.11 Å². The molecule has 0 spiro atoms. The van der Waals surface area contributed by atoms with Gasteiger partial charge < -0.3 is 28.7 Å². The van der Waals surface area contributed by atoms with Gasteiger partial charge in [-0.05, 0) is 73.6 Å². The molecule has 0 saturated carbocycles. The summed E-state index contributed by atoms with van der Waals surface area (Å²) >= 11 is 0. The number of imidazole rings is 1. The molecular weight excluding hydrogens is 773 g/mol. The van der Waals surface area contributed by atoms with Crippen LogP contribution in [0.1, 0.15) is 89.8 Å². The van der Waals surface area contributed by atoms with Crippen molar-refractivity contribution >= 4 is 46.5 Å². The molecule has 16 heteroatoms. The van der Waals surface area contributed by atoms with Gasteiger partial charge in [0.15, 0.2) is 5.82 Å². The van der Waals surface area contributed by atoms with E-state index >= 15 is 8.78 Å². The number of alkyl halides is 2. The minimum absolute atomic E-state index is 0.0234. The lowest BCUT2D eigenvalue weighted by molar-refractivity contribution is -0.137. The van der Waals surface area contributed by atoms with Crippen molar-refractivity contribution < 1.29 is 32.7 Å². The zero-order valence-corrected chi connectivity index (χ0v) is 33.5. The molecule has 5 aliphatic heterocycles. The first-order chi connectivity index (χ1) is 29.1. The van der Waals surface area contributed by atoms with Gasteiger partial charge in [-0.15, -0.1) is 0 Å². The number of imide groups is 1. The third-order valence-electron chi connectivity index (χ3n) is 13.1. The van der Waals surface area contributed by atoms with Gasteiger partial charge in [-0.1, -0.05) is 6.07 Å². The number of pyridine rings is 1. The largest absolute Gasteiger partial charge is 0.495 e. The minimum Gasteiger partial charge on any atom is -0.495 e. The molecule has 0 aliphatic carbocycles. The molecule has 14 nitrogen and oxygen atoms in total. The van der Waals surface area contributed by atoms with E-state index in [1.807, 2.05) is 29.2 Å². The molecule has 5 aromatic rings. The SMILES string of the molecule is COc1cn2ccnc2cc1-c1cc2c(cc1C(F)F)N(c1nn(C3CCN(c4cccc5c4CN(C4CCC(=O)NC4=O)C5=O)CC3)c3c1CN(C(C)=O)CC3)CCC2. The minimum atomic E-state index is -2.76. The number of aryl methyl sites for hydroxylation is 1. The highest BCUT2D eigenvalue weighted by molar-refractivity contribution is 6.06. The van der Waals surface area contributed by atoms with Crippen LogP contribution in [0.5, 0.6) is 5.75 Å². The number of anilines is 3. The van der Waals surface area contributed by atoms with Gasteiger partial charge in [-0.25, -0.2) is 13.8 Å². The Kier molecular flexibility index (Phi) is 9.32. The van der Waals surface area contributed by atoms with Gasteiger partial charge in [0.05, 0.1) is 25.9 Å². The van der Waals surface area contributed by atoms with Crippen molar-refractivity contribution in [2.24, 2.45) is 0 Å². The highest BCUT2D eigenvalue weighted by atomic mass is 19.3. The van der Waals surface area contributed by atoms with Crippen LogP contribution in [0, 0.1) is 0 Å². The third-order valence-corrected chi connectivity index (χ3v) is 13.1. The van der Waals surface area contributed by atoms with Crippen LogP contribution < -0.4 is 19.9 Å². The second-order valence-corrected chi connectivity index (χ2v) is 16.4. The average Bonchev–Trinajstić information content (AvgIpc) is 3.97. The monoisotopic (exact) mass is 817 g/mol. The molecule has 1 unspecified atom stereocenters. The van der Waals surface area contributed by atoms with Gasteiger partial charge in [0.1, 0.15) is 17.4 Å². The highest BCUT2D eigenvalue weighted by Crippen LogP contribution is 2.46. The van der Waals surface area contributed by atoms with Gasteiger partial charge in [0.25, 0.3) is 12.3 Å². The lowest BCUT2D eigenvalue weighted by Crippen LogP contribution is -2.52. The van der Waals surface area contributed by atoms with Gasteiger partial charge >= 0.3 is 0 Å². The van der Waals surface area contributed by atoms with E-state index in [1.54, 1.807) is 46.9 Å². The Balaban J connectivity index is 0.959. The van der Waals surface area contributed by atoms with E-state index in [2.05, 4.69) is 24.8 Å². The normalized spacial score (nSPS) is 19.6. The molecule has 8 heterocycles. The molecule has 2 aromatic carbocycles. The summed E-state index contributed by atoms with van der Waals surface area (Å²) in [6.45, 7) is 4.84. The summed E-state index contributed by atoms with van der Waals surface area (Å²) in [6, 6.07) is 10.4. The molecule has 5 aliphatic rings. The number of halogens is 2. The summed E-state index contributed by atoms with van der Waals surface area (Å²) in [4.78, 5) is 63.0. The fourth-order valence-electron chi connectivity index (χ4n) is 10.0. The molecule has 0 radical (unpaired) electrons. The van der Waals surface area contributed by atoms with Crippen LogP contribution in [0.3, 0.4) is 0 Å². The predicted octanol–water partition coefficient (Wildman–Crippen LogP) is 5.74. The van der Waals surface area contributed by atoms with Crippen molar-refractivity contribution in [2.75, 3.05) is 43.1 Å². The Labute approximate surface area is 344 Å². The maximum Gasteiger partial charge on any atom is 0.264 e. The van der Waals surface area contributed by atoms with Gasteiger partial charge in [0, 0.05) is 110 Å². The zero-order valence-electron chi connectivity index (χ0n) is 33.5. The smallest absolute Gasteiger partial charge is 0.264 e. The number of hydrogen-bond donors (Lipinski definition) is 1. The first kappa shape index (κ1) is 37.9. The van der Waals surface area contributed by atoms with E-state index in [9.17, 15) is 19.2 Å². The number of nitrogens with zero attached hydrogens (tertiary/aromatic N) is 8. The van der Waals surface area contributed by atoms with Crippen molar-refractivity contribution in [3.8, 4) is 16.9 Å². The van der Waals surface area contributed by atoms with Crippen LogP contribution in [-0.4, -0.2) is 91.9 Å². The molecule has 1 atom stereocenters. The maximum atomic E-state index is 15.1. The van der Waals surface area contributed by atoms with E-state index in [4.69, 9.17) is 9.84 Å². The summed E-state index contributed by atoms with van der Waals surface area (Å²) in [7, 11) is 1.53. The summed E-state index contributed by atoms with van der Waals surface area (Å²) < 4.78 is 39.9. The van der Waals surface area contributed by atoms with Crippen LogP contribution in [0.4, 0.5) is 26.0 Å². The number of carbonyl (C=O) groups is 4. The van der Waals surface area contributed by atoms with E-state index in [0.29, 0.717) is 98.1 Å². The summed E-state index contributed by atoms with van der Waals surface area (Å²) in [5, 5.41) is 7.72. The van der Waals surface area contributed by atoms with Crippen LogP contribution in [-0.2, 0) is 40.3 Å². The topological polar surface area (TPSA) is 138 Å². The molecule has 0 bridgehead atoms. The lowest BCUT2D eigenvalue weighted by Gasteiger charge is -2.36. The van der Waals surface area contributed by atoms with Gasteiger partial charge in [-0.2, -0.15) is 5.10 Å². The molecule has 10 rings (SSSR count). The summed E-state index contributed by atoms with van der Waals surface area (Å²) in [5.41, 5.74) is 7.59. The van der Waals surface area contributed by atoms with Crippen molar-refractivity contribution in [1.29, 1.82) is 0 Å². The molecular formula is C44H45F2N9O5. The lowest BCUT2D eigenvalue weighted by atomic mass is 9.91. The number of aromatic nitrogens is 4. The first-order valence-corrected chi connectivity index (χ1v) is 20.7. The Bertz CT molecular complexity index is 2600. The quantitative estimate of drug-likeness (QED) is 0.204. The number of amides is 4. The molecule has 60 heavy (non-hydrogen) atoms. The fourth-order valence-corrected chi connectivity index (χ4v) is 10.0. The number of ether oxygens (including phenoxy) is 1. The Morgan fingerprint density at radius 1 is 0.917 bits per heavy atom. The van der Waals surface area contributed by atoms with Crippen molar-refractivity contribution in [2.45, 2.75) is 83.5 Å². The van der Waals surface area contributed by atoms with Crippen molar-refractivity contribution in [3.05, 3.63) is 88.5 Å². The standard InChI is InChI=1S/C44H45F2N9O5/c1-25(56)51-17-12-35-33(22-51)42(53-14-4-5-26-19-29(31(41(45)46)20-37(26)53)30-21-39-47-13-18-52(39)24-38(30)60-2)49-55(35)27-10-15-50(16-11-27)34-7-3-6-28-32(34)23-54(44(28)59)36-8-9-40(57)48-43(36)58/h3,6-7,13,18-21,24,27,36,41H,4-5,8-12,14-17,22-23H2,1-2H3,(H,48,57,58). The Morgan fingerprint density at radius 2 is 1.75 bits per heavy atom. The molecule has 4 amide bonds. The van der Waals surface area contributed by atoms with E-state index < -0.39 is 18.4 Å². The van der Waals surface area contributed by atoms with E-state index in [0.717, 1.165) is 47.3 Å². The Hall–Kier alpha value is -6.32. The zero-order chi connectivity index (χ0) is 41.4. The van der Waals surface area contributed by atoms with Crippen LogP contribution in [0.25, 0.3) is 16.8 Å². The highest BCUT2D eigenvalue weighted by Gasteiger charge is 2.41. The number of benzene rings is 2. The summed E-state index contributed by atoms with van der Waals surface area (Å²) in [5.74, 6) is 0.208. The number of rotatable bonds is 7. The number of nitrogens with one attached hydrogen (secondary N) is 1. The van der Waals surface area contributed by atoms with Gasteiger partial charge in [0.2, 0.25) is 17.7 Å². The van der Waals surface area contributed by atoms with Crippen molar-refractivity contribution in [1.82, 2.24) is 34.3 Å². The molecule has 3 aromatic heterocycles. The number of fused-ring (bicyclic) bond motifs is 4. The van der Waals surface area contributed by atoms with Crippen LogP contribution >= 0.6 is 0 Å².